The lowest BCUT2D eigenvalue weighted by molar-refractivity contribution is 0.279. The SMILES string of the molecule is CCCC1CCC(NCCc2ccccc2F)CC1. The van der Waals surface area contributed by atoms with Gasteiger partial charge in [-0.15, -0.1) is 0 Å². The first kappa shape index (κ1) is 14.5. The van der Waals surface area contributed by atoms with Gasteiger partial charge in [0.2, 0.25) is 0 Å². The van der Waals surface area contributed by atoms with E-state index in [1.54, 1.807) is 12.1 Å². The Hall–Kier alpha value is -0.890. The lowest BCUT2D eigenvalue weighted by atomic mass is 9.83. The fourth-order valence-corrected chi connectivity index (χ4v) is 3.18. The maximum atomic E-state index is 13.5. The summed E-state index contributed by atoms with van der Waals surface area (Å²) in [6.45, 7) is 3.17. The molecular weight excluding hydrogens is 237 g/mol. The Kier molecular flexibility index (Phi) is 5.84. The second-order valence-electron chi connectivity index (χ2n) is 5.80. The third kappa shape index (κ3) is 4.61. The molecule has 1 N–H and O–H groups in total. The lowest BCUT2D eigenvalue weighted by Crippen LogP contribution is -2.34. The minimum Gasteiger partial charge on any atom is -0.314 e. The number of hydrogen-bond donors (Lipinski definition) is 1. The van der Waals surface area contributed by atoms with Crippen LogP contribution in [0.5, 0.6) is 0 Å². The molecular formula is C17H26FN. The van der Waals surface area contributed by atoms with Crippen LogP contribution in [0, 0.1) is 11.7 Å². The fraction of sp³-hybridized carbons (Fsp3) is 0.647. The first-order valence-electron chi connectivity index (χ1n) is 7.76. The standard InChI is InChI=1S/C17H26FN/c1-2-5-14-8-10-16(11-9-14)19-13-12-15-6-3-4-7-17(15)18/h3-4,6-7,14,16,19H,2,5,8-13H2,1H3. The summed E-state index contributed by atoms with van der Waals surface area (Å²) in [4.78, 5) is 0. The van der Waals surface area contributed by atoms with Gasteiger partial charge in [0.25, 0.3) is 0 Å². The summed E-state index contributed by atoms with van der Waals surface area (Å²) < 4.78 is 13.5. The molecule has 2 heteroatoms. The van der Waals surface area contributed by atoms with Gasteiger partial charge in [0, 0.05) is 6.04 Å². The van der Waals surface area contributed by atoms with E-state index in [2.05, 4.69) is 12.2 Å². The molecule has 2 rings (SSSR count). The van der Waals surface area contributed by atoms with E-state index in [0.717, 1.165) is 24.4 Å². The second kappa shape index (κ2) is 7.64. The minimum absolute atomic E-state index is 0.0732. The van der Waals surface area contributed by atoms with Crippen molar-refractivity contribution in [3.8, 4) is 0 Å². The Bertz CT molecular complexity index is 369. The van der Waals surface area contributed by atoms with Crippen LogP contribution in [0.1, 0.15) is 51.0 Å². The van der Waals surface area contributed by atoms with Gasteiger partial charge in [-0.2, -0.15) is 0 Å². The molecule has 0 spiro atoms. The molecule has 19 heavy (non-hydrogen) atoms. The van der Waals surface area contributed by atoms with E-state index in [-0.39, 0.29) is 5.82 Å². The van der Waals surface area contributed by atoms with Crippen molar-refractivity contribution in [3.05, 3.63) is 35.6 Å². The molecule has 1 aliphatic rings. The molecule has 0 unspecified atom stereocenters. The predicted octanol–water partition coefficient (Wildman–Crippen LogP) is 4.32. The Labute approximate surface area is 116 Å². The van der Waals surface area contributed by atoms with Crippen LogP contribution < -0.4 is 5.32 Å². The van der Waals surface area contributed by atoms with Gasteiger partial charge in [-0.25, -0.2) is 4.39 Å². The Balaban J connectivity index is 1.66. The summed E-state index contributed by atoms with van der Waals surface area (Å²) in [5.74, 6) is 0.880. The normalized spacial score (nSPS) is 23.5. The van der Waals surface area contributed by atoms with Crippen LogP contribution >= 0.6 is 0 Å². The highest BCUT2D eigenvalue weighted by Gasteiger charge is 2.19. The average Bonchev–Trinajstić information content (AvgIpc) is 2.43. The average molecular weight is 263 g/mol. The smallest absolute Gasteiger partial charge is 0.126 e. The van der Waals surface area contributed by atoms with E-state index >= 15 is 0 Å². The van der Waals surface area contributed by atoms with Crippen LogP contribution in [0.15, 0.2) is 24.3 Å². The van der Waals surface area contributed by atoms with Crippen LogP contribution in [0.2, 0.25) is 0 Å². The van der Waals surface area contributed by atoms with Crippen LogP contribution in [0.4, 0.5) is 4.39 Å². The molecule has 0 bridgehead atoms. The third-order valence-corrected chi connectivity index (χ3v) is 4.33. The molecule has 0 heterocycles. The lowest BCUT2D eigenvalue weighted by Gasteiger charge is -2.29. The van der Waals surface area contributed by atoms with Gasteiger partial charge in [0.15, 0.2) is 0 Å². The van der Waals surface area contributed by atoms with Crippen molar-refractivity contribution >= 4 is 0 Å². The largest absolute Gasteiger partial charge is 0.314 e. The van der Waals surface area contributed by atoms with Crippen LogP contribution in [0.25, 0.3) is 0 Å². The van der Waals surface area contributed by atoms with Crippen molar-refractivity contribution in [1.82, 2.24) is 5.32 Å². The molecule has 0 amide bonds. The summed E-state index contributed by atoms with van der Waals surface area (Å²) in [5.41, 5.74) is 0.828. The molecule has 0 atom stereocenters. The zero-order valence-corrected chi connectivity index (χ0v) is 12.0. The van der Waals surface area contributed by atoms with Gasteiger partial charge in [-0.3, -0.25) is 0 Å². The Morgan fingerprint density at radius 2 is 1.89 bits per heavy atom. The predicted molar refractivity (Wildman–Crippen MR) is 78.8 cm³/mol. The molecule has 0 radical (unpaired) electrons. The first-order valence-corrected chi connectivity index (χ1v) is 7.76. The van der Waals surface area contributed by atoms with Crippen molar-refractivity contribution in [2.24, 2.45) is 5.92 Å². The van der Waals surface area contributed by atoms with Crippen molar-refractivity contribution in [3.63, 3.8) is 0 Å². The van der Waals surface area contributed by atoms with Crippen molar-refractivity contribution in [1.29, 1.82) is 0 Å². The number of benzene rings is 1. The molecule has 0 saturated heterocycles. The number of halogens is 1. The van der Waals surface area contributed by atoms with Gasteiger partial charge in [-0.1, -0.05) is 38.0 Å². The number of nitrogens with one attached hydrogen (secondary N) is 1. The van der Waals surface area contributed by atoms with Gasteiger partial charge in [0.1, 0.15) is 5.82 Å². The summed E-state index contributed by atoms with van der Waals surface area (Å²) >= 11 is 0. The first-order chi connectivity index (χ1) is 9.29. The molecule has 1 aromatic carbocycles. The van der Waals surface area contributed by atoms with E-state index in [9.17, 15) is 4.39 Å². The van der Waals surface area contributed by atoms with E-state index in [1.807, 2.05) is 12.1 Å². The topological polar surface area (TPSA) is 12.0 Å². The molecule has 106 valence electrons. The molecule has 0 aliphatic heterocycles. The Morgan fingerprint density at radius 3 is 2.58 bits per heavy atom. The van der Waals surface area contributed by atoms with Gasteiger partial charge >= 0.3 is 0 Å². The monoisotopic (exact) mass is 263 g/mol. The molecule has 1 aromatic rings. The molecule has 1 nitrogen and oxygen atoms in total. The Morgan fingerprint density at radius 1 is 1.16 bits per heavy atom. The van der Waals surface area contributed by atoms with Gasteiger partial charge in [-0.05, 0) is 56.2 Å². The second-order valence-corrected chi connectivity index (χ2v) is 5.80. The van der Waals surface area contributed by atoms with Crippen LogP contribution in [0.3, 0.4) is 0 Å². The zero-order valence-electron chi connectivity index (χ0n) is 12.0. The van der Waals surface area contributed by atoms with Crippen LogP contribution in [-0.4, -0.2) is 12.6 Å². The highest BCUT2D eigenvalue weighted by Crippen LogP contribution is 2.27. The van der Waals surface area contributed by atoms with Crippen molar-refractivity contribution < 1.29 is 4.39 Å². The van der Waals surface area contributed by atoms with Crippen molar-refractivity contribution in [2.45, 2.75) is 57.9 Å². The summed E-state index contributed by atoms with van der Waals surface area (Å²) in [5, 5.41) is 3.59. The van der Waals surface area contributed by atoms with Crippen LogP contribution in [-0.2, 0) is 6.42 Å². The molecule has 1 aliphatic carbocycles. The highest BCUT2D eigenvalue weighted by molar-refractivity contribution is 5.17. The molecule has 1 saturated carbocycles. The summed E-state index contributed by atoms with van der Waals surface area (Å²) in [6, 6.07) is 7.75. The van der Waals surface area contributed by atoms with E-state index in [1.165, 1.54) is 38.5 Å². The van der Waals surface area contributed by atoms with Crippen molar-refractivity contribution in [2.75, 3.05) is 6.54 Å². The third-order valence-electron chi connectivity index (χ3n) is 4.33. The van der Waals surface area contributed by atoms with E-state index < -0.39 is 0 Å². The fourth-order valence-electron chi connectivity index (χ4n) is 3.18. The number of rotatable bonds is 6. The maximum absolute atomic E-state index is 13.5. The van der Waals surface area contributed by atoms with Gasteiger partial charge in [0.05, 0.1) is 0 Å². The van der Waals surface area contributed by atoms with E-state index in [0.29, 0.717) is 6.04 Å². The maximum Gasteiger partial charge on any atom is 0.126 e. The summed E-state index contributed by atoms with van der Waals surface area (Å²) in [7, 11) is 0. The highest BCUT2D eigenvalue weighted by atomic mass is 19.1. The summed E-state index contributed by atoms with van der Waals surface area (Å²) in [6.07, 6.45) is 8.82. The molecule has 1 fully saturated rings. The number of hydrogen-bond acceptors (Lipinski definition) is 1. The molecule has 0 aromatic heterocycles. The van der Waals surface area contributed by atoms with E-state index in [4.69, 9.17) is 0 Å². The quantitative estimate of drug-likeness (QED) is 0.806. The minimum atomic E-state index is -0.0732. The zero-order chi connectivity index (χ0) is 13.5. The van der Waals surface area contributed by atoms with Gasteiger partial charge < -0.3 is 5.32 Å².